The minimum atomic E-state index is -2.05. The molecule has 2 saturated carbocycles. The Morgan fingerprint density at radius 1 is 0.594 bits per heavy atom. The van der Waals surface area contributed by atoms with Gasteiger partial charge in [-0.2, -0.15) is 0 Å². The van der Waals surface area contributed by atoms with Crippen molar-refractivity contribution in [2.45, 2.75) is 58.6 Å². The summed E-state index contributed by atoms with van der Waals surface area (Å²) in [5, 5.41) is 0. The van der Waals surface area contributed by atoms with Gasteiger partial charge in [-0.1, -0.05) is 0 Å². The van der Waals surface area contributed by atoms with Crippen LogP contribution >= 0.6 is 0 Å². The predicted octanol–water partition coefficient (Wildman–Crippen LogP) is 1.70. The molecule has 0 radical (unpaired) electrons. The van der Waals surface area contributed by atoms with Crippen LogP contribution in [0, 0.1) is 11.8 Å². The van der Waals surface area contributed by atoms with Gasteiger partial charge in [0.15, 0.2) is 0 Å². The van der Waals surface area contributed by atoms with Crippen LogP contribution in [0.25, 0.3) is 11.1 Å². The molecule has 6 rings (SSSR count). The maximum atomic E-state index is 5.03. The molecule has 2 atom stereocenters. The van der Waals surface area contributed by atoms with Crippen LogP contribution in [-0.4, -0.2) is 4.21 Å². The summed E-state index contributed by atoms with van der Waals surface area (Å²) in [7, 11) is 0. The smallest absolute Gasteiger partial charge is 1.00 e. The van der Waals surface area contributed by atoms with Gasteiger partial charge >= 0.3 is 190 Å². The van der Waals surface area contributed by atoms with Crippen LogP contribution in [-0.2, 0) is 21.3 Å². The van der Waals surface area contributed by atoms with E-state index in [0.29, 0.717) is 7.25 Å². The second-order valence-corrected chi connectivity index (χ2v) is 15.8. The number of fused-ring (bicyclic) bond motifs is 2. The van der Waals surface area contributed by atoms with Gasteiger partial charge in [0.25, 0.3) is 0 Å². The third-order valence-corrected chi connectivity index (χ3v) is 14.6. The van der Waals surface area contributed by atoms with E-state index in [1.165, 1.54) is 51.4 Å². The van der Waals surface area contributed by atoms with Gasteiger partial charge in [-0.05, 0) is 0 Å². The van der Waals surface area contributed by atoms with E-state index in [4.69, 9.17) is 4.21 Å². The van der Waals surface area contributed by atoms with Crippen LogP contribution < -0.4 is 24.8 Å². The van der Waals surface area contributed by atoms with Crippen molar-refractivity contribution in [2.75, 3.05) is 0 Å². The normalized spacial score (nSPS) is 24.0. The predicted molar refractivity (Wildman–Crippen MR) is 125 cm³/mol. The van der Waals surface area contributed by atoms with E-state index in [1.807, 2.05) is 0 Å². The van der Waals surface area contributed by atoms with Crippen molar-refractivity contribution in [3.63, 3.8) is 0 Å². The number of hydrogen-bond donors (Lipinski definition) is 0. The fourth-order valence-electron chi connectivity index (χ4n) is 6.77. The molecule has 166 valence electrons. The van der Waals surface area contributed by atoms with Gasteiger partial charge in [-0.15, -0.1) is 0 Å². The Morgan fingerprint density at radius 3 is 1.38 bits per heavy atom. The van der Waals surface area contributed by atoms with Crippen molar-refractivity contribution < 1.29 is 46.1 Å². The van der Waals surface area contributed by atoms with Crippen molar-refractivity contribution in [1.29, 1.82) is 0 Å². The van der Waals surface area contributed by atoms with E-state index in [9.17, 15) is 0 Å². The molecule has 0 bridgehead atoms. The molecule has 32 heavy (non-hydrogen) atoms. The van der Waals surface area contributed by atoms with Gasteiger partial charge < -0.3 is 24.8 Å². The topological polar surface area (TPSA) is 0 Å². The Hall–Kier alpha value is -0.747. The summed E-state index contributed by atoms with van der Waals surface area (Å²) in [6, 6.07) is 18.7. The van der Waals surface area contributed by atoms with Crippen LogP contribution in [0.3, 0.4) is 0 Å². The molecule has 2 unspecified atom stereocenters. The Kier molecular flexibility index (Phi) is 7.81. The monoisotopic (exact) mass is 540 g/mol. The average molecular weight is 543 g/mol. The molecular weight excluding hydrogens is 510 g/mol. The fourth-order valence-corrected chi connectivity index (χ4v) is 12.9. The maximum absolute atomic E-state index is 5.03. The number of allylic oxidation sites excluding steroid dienone is 4. The summed E-state index contributed by atoms with van der Waals surface area (Å²) in [6.07, 6.45) is 16.6. The van der Waals surface area contributed by atoms with E-state index in [-0.39, 0.29) is 24.8 Å². The Bertz CT molecular complexity index is 971. The molecule has 0 saturated heterocycles. The van der Waals surface area contributed by atoms with Crippen LogP contribution in [0.4, 0.5) is 0 Å². The summed E-state index contributed by atoms with van der Waals surface area (Å²) < 4.78 is 6.30. The molecular formula is C29H32Cl2Zr. The van der Waals surface area contributed by atoms with Gasteiger partial charge in [-0.3, -0.25) is 0 Å². The van der Waals surface area contributed by atoms with Crippen molar-refractivity contribution in [3.05, 3.63) is 82.9 Å². The first-order chi connectivity index (χ1) is 14.8. The molecule has 0 aromatic heterocycles. The zero-order valence-electron chi connectivity index (χ0n) is 18.7. The fraction of sp³-hybridized carbons (Fsp3) is 0.414. The van der Waals surface area contributed by atoms with E-state index in [2.05, 4.69) is 60.7 Å². The first-order valence-corrected chi connectivity index (χ1v) is 16.7. The second-order valence-electron chi connectivity index (χ2n) is 9.91. The van der Waals surface area contributed by atoms with Crippen LogP contribution in [0.5, 0.6) is 0 Å². The molecule has 2 aromatic carbocycles. The largest absolute Gasteiger partial charge is 1.00 e. The first kappa shape index (κ1) is 24.4. The Morgan fingerprint density at radius 2 is 0.969 bits per heavy atom. The minimum Gasteiger partial charge on any atom is -1.00 e. The van der Waals surface area contributed by atoms with Crippen molar-refractivity contribution in [1.82, 2.24) is 0 Å². The molecule has 0 aliphatic heterocycles. The quantitative estimate of drug-likeness (QED) is 0.552. The van der Waals surface area contributed by atoms with Crippen LogP contribution in [0.2, 0.25) is 0 Å². The Labute approximate surface area is 213 Å². The van der Waals surface area contributed by atoms with Crippen LogP contribution in [0.15, 0.2) is 60.7 Å². The zero-order valence-corrected chi connectivity index (χ0v) is 22.7. The van der Waals surface area contributed by atoms with Gasteiger partial charge in [-0.25, -0.2) is 0 Å². The molecule has 2 fully saturated rings. The maximum Gasteiger partial charge on any atom is -1.00 e. The third kappa shape index (κ3) is 4.12. The molecule has 4 aliphatic carbocycles. The van der Waals surface area contributed by atoms with E-state index in [0.717, 1.165) is 11.8 Å². The standard InChI is InChI=1S/2C14H15.CH2.2ClH.Zr/c2*1-2-6-11(5-1)14-10-9-12-7-3-4-8-13(12)14;;;;/h2*3-4,7-11H,1-2,5-6H2;1H2;2*1H;/q;;;;;+2/p-2. The molecule has 2 aromatic rings. The number of hydrogen-bond acceptors (Lipinski definition) is 0. The molecule has 4 aliphatic rings. The van der Waals surface area contributed by atoms with Crippen molar-refractivity contribution in [2.24, 2.45) is 11.8 Å². The average Bonchev–Trinajstić information content (AvgIpc) is 3.58. The van der Waals surface area contributed by atoms with Gasteiger partial charge in [0.2, 0.25) is 0 Å². The summed E-state index contributed by atoms with van der Waals surface area (Å²) in [6.45, 7) is 0. The molecule has 3 heteroatoms. The first-order valence-electron chi connectivity index (χ1n) is 12.1. The Balaban J connectivity index is 0.00000122. The summed E-state index contributed by atoms with van der Waals surface area (Å²) in [4.78, 5) is 0. The molecule has 0 nitrogen and oxygen atoms in total. The third-order valence-electron chi connectivity index (χ3n) is 8.30. The second kappa shape index (κ2) is 10.3. The molecule has 0 N–H and O–H groups in total. The van der Waals surface area contributed by atoms with Crippen LogP contribution in [0.1, 0.15) is 80.9 Å². The summed E-state index contributed by atoms with van der Waals surface area (Å²) in [5.74, 6) is 1.60. The zero-order chi connectivity index (χ0) is 20.1. The van der Waals surface area contributed by atoms with E-state index >= 15 is 0 Å². The van der Waals surface area contributed by atoms with Crippen molar-refractivity contribution >= 4 is 15.4 Å². The SMILES string of the molecule is [CH2]=[Zr+2]([CH]1C=C(C2CCCC2)c2ccccc21)[CH]1C=C(C2CCCC2)c2ccccc21.[Cl-].[Cl-]. The van der Waals surface area contributed by atoms with E-state index in [1.54, 1.807) is 33.4 Å². The number of halogens is 2. The minimum absolute atomic E-state index is 0. The summed E-state index contributed by atoms with van der Waals surface area (Å²) in [5.41, 5.74) is 9.74. The van der Waals surface area contributed by atoms with Gasteiger partial charge in [0, 0.05) is 0 Å². The van der Waals surface area contributed by atoms with Crippen molar-refractivity contribution in [3.8, 4) is 0 Å². The molecule has 0 heterocycles. The molecule has 0 spiro atoms. The molecule has 0 amide bonds. The number of benzene rings is 2. The van der Waals surface area contributed by atoms with Gasteiger partial charge in [0.05, 0.1) is 0 Å². The summed E-state index contributed by atoms with van der Waals surface area (Å²) >= 11 is -2.05. The number of rotatable bonds is 4. The van der Waals surface area contributed by atoms with E-state index < -0.39 is 21.3 Å². The van der Waals surface area contributed by atoms with Gasteiger partial charge in [0.1, 0.15) is 0 Å².